The standard InChI is InChI=1S/C18H19FN2O3/c1-21(2)18(23)14-5-3-13(4-6-14)11-20-17(22)12-24-16-9-7-15(19)8-10-16/h3-10H,11-12H2,1-2H3,(H,20,22). The van der Waals surface area contributed by atoms with E-state index in [1.807, 2.05) is 0 Å². The van der Waals surface area contributed by atoms with Crippen LogP contribution >= 0.6 is 0 Å². The molecule has 6 heteroatoms. The van der Waals surface area contributed by atoms with Crippen LogP contribution in [0, 0.1) is 5.82 Å². The van der Waals surface area contributed by atoms with E-state index in [1.165, 1.54) is 29.2 Å². The molecular formula is C18H19FN2O3. The maximum Gasteiger partial charge on any atom is 0.258 e. The van der Waals surface area contributed by atoms with Crippen LogP contribution in [0.1, 0.15) is 15.9 Å². The molecule has 0 heterocycles. The minimum atomic E-state index is -0.358. The lowest BCUT2D eigenvalue weighted by Crippen LogP contribution is -2.28. The second kappa shape index (κ2) is 8.10. The van der Waals surface area contributed by atoms with Gasteiger partial charge in [0.1, 0.15) is 11.6 Å². The van der Waals surface area contributed by atoms with Gasteiger partial charge >= 0.3 is 0 Å². The number of ether oxygens (including phenoxy) is 1. The quantitative estimate of drug-likeness (QED) is 0.883. The van der Waals surface area contributed by atoms with Gasteiger partial charge in [-0.2, -0.15) is 0 Å². The molecule has 2 aromatic rings. The molecule has 24 heavy (non-hydrogen) atoms. The van der Waals surface area contributed by atoms with Crippen LogP contribution in [0.2, 0.25) is 0 Å². The molecule has 0 atom stereocenters. The molecule has 2 amide bonds. The van der Waals surface area contributed by atoms with Crippen LogP contribution < -0.4 is 10.1 Å². The van der Waals surface area contributed by atoms with E-state index in [-0.39, 0.29) is 24.2 Å². The van der Waals surface area contributed by atoms with Crippen LogP contribution in [-0.2, 0) is 11.3 Å². The number of nitrogens with zero attached hydrogens (tertiary/aromatic N) is 1. The largest absolute Gasteiger partial charge is 0.484 e. The molecule has 0 aliphatic carbocycles. The zero-order valence-corrected chi connectivity index (χ0v) is 13.6. The summed E-state index contributed by atoms with van der Waals surface area (Å²) in [6.45, 7) is 0.185. The highest BCUT2D eigenvalue weighted by atomic mass is 19.1. The van der Waals surface area contributed by atoms with Crippen LogP contribution in [0.3, 0.4) is 0 Å². The molecule has 0 saturated heterocycles. The Morgan fingerprint density at radius 3 is 2.25 bits per heavy atom. The van der Waals surface area contributed by atoms with Gasteiger partial charge < -0.3 is 15.0 Å². The second-order valence-electron chi connectivity index (χ2n) is 5.42. The summed E-state index contributed by atoms with van der Waals surface area (Å²) in [5, 5.41) is 2.72. The molecule has 2 aromatic carbocycles. The van der Waals surface area contributed by atoms with Crippen molar-refractivity contribution in [2.45, 2.75) is 6.54 Å². The van der Waals surface area contributed by atoms with Gasteiger partial charge in [0.15, 0.2) is 6.61 Å². The molecule has 5 nitrogen and oxygen atoms in total. The van der Waals surface area contributed by atoms with Crippen molar-refractivity contribution in [3.8, 4) is 5.75 Å². The lowest BCUT2D eigenvalue weighted by atomic mass is 10.1. The zero-order valence-electron chi connectivity index (χ0n) is 13.6. The number of carbonyl (C=O) groups excluding carboxylic acids is 2. The molecule has 126 valence electrons. The van der Waals surface area contributed by atoms with Crippen molar-refractivity contribution in [2.75, 3.05) is 20.7 Å². The number of rotatable bonds is 6. The maximum absolute atomic E-state index is 12.8. The van der Waals surface area contributed by atoms with Gasteiger partial charge in [-0.15, -0.1) is 0 Å². The first-order chi connectivity index (χ1) is 11.5. The fourth-order valence-electron chi connectivity index (χ4n) is 1.95. The lowest BCUT2D eigenvalue weighted by Gasteiger charge is -2.11. The Hall–Kier alpha value is -2.89. The first-order valence-electron chi connectivity index (χ1n) is 7.41. The van der Waals surface area contributed by atoms with E-state index in [4.69, 9.17) is 4.74 Å². The topological polar surface area (TPSA) is 58.6 Å². The van der Waals surface area contributed by atoms with Gasteiger partial charge in [0.2, 0.25) is 0 Å². The number of amides is 2. The van der Waals surface area contributed by atoms with E-state index in [2.05, 4.69) is 5.32 Å². The molecule has 0 unspecified atom stereocenters. The molecule has 0 spiro atoms. The molecule has 2 rings (SSSR count). The molecule has 0 radical (unpaired) electrons. The molecule has 0 fully saturated rings. The van der Waals surface area contributed by atoms with Gasteiger partial charge in [-0.3, -0.25) is 9.59 Å². The van der Waals surface area contributed by atoms with Gasteiger partial charge in [0, 0.05) is 26.2 Å². The predicted octanol–water partition coefficient (Wildman–Crippen LogP) is 2.22. The molecule has 0 aliphatic rings. The second-order valence-corrected chi connectivity index (χ2v) is 5.42. The zero-order chi connectivity index (χ0) is 17.5. The van der Waals surface area contributed by atoms with Gasteiger partial charge in [-0.1, -0.05) is 12.1 Å². The van der Waals surface area contributed by atoms with Crippen molar-refractivity contribution in [2.24, 2.45) is 0 Å². The van der Waals surface area contributed by atoms with Crippen LogP contribution in [0.25, 0.3) is 0 Å². The number of halogens is 1. The Morgan fingerprint density at radius 1 is 1.04 bits per heavy atom. The van der Waals surface area contributed by atoms with Crippen molar-refractivity contribution < 1.29 is 18.7 Å². The van der Waals surface area contributed by atoms with E-state index in [1.54, 1.807) is 38.4 Å². The van der Waals surface area contributed by atoms with Crippen LogP contribution in [0.15, 0.2) is 48.5 Å². The van der Waals surface area contributed by atoms with Gasteiger partial charge in [-0.25, -0.2) is 4.39 Å². The lowest BCUT2D eigenvalue weighted by molar-refractivity contribution is -0.123. The Balaban J connectivity index is 1.79. The molecule has 0 saturated carbocycles. The molecule has 0 aromatic heterocycles. The summed E-state index contributed by atoms with van der Waals surface area (Å²) in [6, 6.07) is 12.5. The summed E-state index contributed by atoms with van der Waals surface area (Å²) in [6.07, 6.45) is 0. The third-order valence-electron chi connectivity index (χ3n) is 3.28. The minimum Gasteiger partial charge on any atom is -0.484 e. The Kier molecular flexibility index (Phi) is 5.89. The maximum atomic E-state index is 12.8. The highest BCUT2D eigenvalue weighted by Gasteiger charge is 2.08. The first kappa shape index (κ1) is 17.5. The van der Waals surface area contributed by atoms with Gasteiger partial charge in [-0.05, 0) is 42.0 Å². The predicted molar refractivity (Wildman–Crippen MR) is 88.2 cm³/mol. The van der Waals surface area contributed by atoms with Crippen LogP contribution in [0.4, 0.5) is 4.39 Å². The monoisotopic (exact) mass is 330 g/mol. The SMILES string of the molecule is CN(C)C(=O)c1ccc(CNC(=O)COc2ccc(F)cc2)cc1. The van der Waals surface area contributed by atoms with E-state index in [9.17, 15) is 14.0 Å². The summed E-state index contributed by atoms with van der Waals surface area (Å²) in [5.74, 6) is -0.285. The number of benzene rings is 2. The Bertz CT molecular complexity index is 697. The fourth-order valence-corrected chi connectivity index (χ4v) is 1.95. The van der Waals surface area contributed by atoms with E-state index >= 15 is 0 Å². The van der Waals surface area contributed by atoms with Crippen molar-refractivity contribution in [1.29, 1.82) is 0 Å². The smallest absolute Gasteiger partial charge is 0.258 e. The van der Waals surface area contributed by atoms with Gasteiger partial charge in [0.25, 0.3) is 11.8 Å². The average molecular weight is 330 g/mol. The minimum absolute atomic E-state index is 0.0710. The fraction of sp³-hybridized carbons (Fsp3) is 0.222. The van der Waals surface area contributed by atoms with Crippen molar-refractivity contribution in [1.82, 2.24) is 10.2 Å². The molecule has 0 bridgehead atoms. The first-order valence-corrected chi connectivity index (χ1v) is 7.41. The summed E-state index contributed by atoms with van der Waals surface area (Å²) < 4.78 is 18.0. The van der Waals surface area contributed by atoms with Crippen LogP contribution in [-0.4, -0.2) is 37.4 Å². The number of hydrogen-bond acceptors (Lipinski definition) is 3. The number of hydrogen-bond donors (Lipinski definition) is 1. The summed E-state index contributed by atoms with van der Waals surface area (Å²) in [7, 11) is 3.38. The summed E-state index contributed by atoms with van der Waals surface area (Å²) in [4.78, 5) is 25.0. The average Bonchev–Trinajstić information content (AvgIpc) is 2.59. The highest BCUT2D eigenvalue weighted by molar-refractivity contribution is 5.93. The Morgan fingerprint density at radius 2 is 1.67 bits per heavy atom. The number of nitrogens with one attached hydrogen (secondary N) is 1. The molecule has 0 aliphatic heterocycles. The van der Waals surface area contributed by atoms with E-state index < -0.39 is 0 Å². The van der Waals surface area contributed by atoms with Crippen molar-refractivity contribution in [3.63, 3.8) is 0 Å². The van der Waals surface area contributed by atoms with Crippen LogP contribution in [0.5, 0.6) is 5.75 Å². The van der Waals surface area contributed by atoms with Crippen molar-refractivity contribution >= 4 is 11.8 Å². The summed E-state index contributed by atoms with van der Waals surface area (Å²) >= 11 is 0. The highest BCUT2D eigenvalue weighted by Crippen LogP contribution is 2.10. The molecular weight excluding hydrogens is 311 g/mol. The van der Waals surface area contributed by atoms with Crippen molar-refractivity contribution in [3.05, 3.63) is 65.5 Å². The number of carbonyl (C=O) groups is 2. The molecule has 1 N–H and O–H groups in total. The Labute approximate surface area is 140 Å². The third-order valence-corrected chi connectivity index (χ3v) is 3.28. The summed E-state index contributed by atoms with van der Waals surface area (Å²) in [5.41, 5.74) is 1.47. The third kappa shape index (κ3) is 5.08. The normalized spacial score (nSPS) is 10.1. The van der Waals surface area contributed by atoms with E-state index in [0.717, 1.165) is 5.56 Å². The van der Waals surface area contributed by atoms with E-state index in [0.29, 0.717) is 17.9 Å². The van der Waals surface area contributed by atoms with Gasteiger partial charge in [0.05, 0.1) is 0 Å².